The van der Waals surface area contributed by atoms with Crippen molar-refractivity contribution in [3.05, 3.63) is 0 Å². The molecule has 4 N–H and O–H groups in total. The van der Waals surface area contributed by atoms with Crippen LogP contribution in [0, 0.1) is 0 Å². The maximum atomic E-state index is 9.76. The first kappa shape index (κ1) is 19.5. The summed E-state index contributed by atoms with van der Waals surface area (Å²) in [5.74, 6) is -1.47. The van der Waals surface area contributed by atoms with Gasteiger partial charge in [0.1, 0.15) is 0 Å². The molecule has 15 heavy (non-hydrogen) atoms. The monoisotopic (exact) mass is 221 g/mol. The predicted octanol–water partition coefficient (Wildman–Crippen LogP) is 1.71. The molecule has 0 aromatic heterocycles. The number of hydrogen-bond donors (Lipinski definition) is 3. The maximum Gasteiger partial charge on any atom is 0.303 e. The van der Waals surface area contributed by atoms with Gasteiger partial charge in [-0.15, -0.1) is 0 Å². The van der Waals surface area contributed by atoms with E-state index in [-0.39, 0.29) is 13.8 Å². The molecule has 0 aromatic carbocycles. The van der Waals surface area contributed by atoms with Gasteiger partial charge in [0.25, 0.3) is 0 Å². The molecule has 0 bridgehead atoms. The lowest BCUT2D eigenvalue weighted by molar-refractivity contribution is -0.138. The number of hydrogen-bond acceptors (Lipinski definition) is 3. The minimum atomic E-state index is -0.773. The van der Waals surface area contributed by atoms with Crippen molar-refractivity contribution in [1.82, 2.24) is 0 Å². The van der Waals surface area contributed by atoms with Gasteiger partial charge in [-0.1, -0.05) is 20.8 Å². The van der Waals surface area contributed by atoms with Crippen molar-refractivity contribution in [3.63, 3.8) is 0 Å². The second-order valence-electron chi connectivity index (χ2n) is 2.78. The molecular formula is C10H23NO4. The van der Waals surface area contributed by atoms with E-state index in [0.29, 0.717) is 19.4 Å². The van der Waals surface area contributed by atoms with Crippen LogP contribution in [0.15, 0.2) is 0 Å². The van der Waals surface area contributed by atoms with E-state index in [0.717, 1.165) is 12.8 Å². The quantitative estimate of drug-likeness (QED) is 0.633. The fourth-order valence-corrected chi connectivity index (χ4v) is 0.581. The topological polar surface area (TPSA) is 101 Å². The van der Waals surface area contributed by atoms with Crippen molar-refractivity contribution in [2.24, 2.45) is 5.73 Å². The molecule has 0 saturated carbocycles. The Morgan fingerprint density at radius 3 is 1.60 bits per heavy atom. The van der Waals surface area contributed by atoms with Crippen LogP contribution in [0.3, 0.4) is 0 Å². The normalized spacial score (nSPS) is 8.13. The summed E-state index contributed by atoms with van der Waals surface area (Å²) in [6, 6.07) is 0. The minimum absolute atomic E-state index is 0. The van der Waals surface area contributed by atoms with Gasteiger partial charge in [-0.25, -0.2) is 0 Å². The summed E-state index contributed by atoms with van der Waals surface area (Å²) in [7, 11) is 0. The highest BCUT2D eigenvalue weighted by Gasteiger charge is 1.91. The predicted molar refractivity (Wildman–Crippen MR) is 59.8 cm³/mol. The third-order valence-corrected chi connectivity index (χ3v) is 1.34. The SMILES string of the molecule is C.CCCCC(=O)O.NCCCC(=O)O. The van der Waals surface area contributed by atoms with Crippen LogP contribution < -0.4 is 5.73 Å². The third kappa shape index (κ3) is 32.2. The summed E-state index contributed by atoms with van der Waals surface area (Å²) in [5, 5.41) is 16.0. The van der Waals surface area contributed by atoms with Gasteiger partial charge in [-0.05, 0) is 19.4 Å². The smallest absolute Gasteiger partial charge is 0.303 e. The highest BCUT2D eigenvalue weighted by Crippen LogP contribution is 1.91. The second-order valence-corrected chi connectivity index (χ2v) is 2.78. The van der Waals surface area contributed by atoms with Gasteiger partial charge in [0.05, 0.1) is 0 Å². The largest absolute Gasteiger partial charge is 0.481 e. The molecule has 0 unspecified atom stereocenters. The standard InChI is InChI=1S/C5H10O2.C4H9NO2.CH4/c1-2-3-4-5(6)7;5-3-1-2-4(6)7;/h2-4H2,1H3,(H,6,7);1-3,5H2,(H,6,7);1H4. The summed E-state index contributed by atoms with van der Waals surface area (Å²) in [5.41, 5.74) is 5.01. The van der Waals surface area contributed by atoms with E-state index in [1.165, 1.54) is 0 Å². The summed E-state index contributed by atoms with van der Waals surface area (Å²) in [6.07, 6.45) is 2.85. The van der Waals surface area contributed by atoms with E-state index in [9.17, 15) is 9.59 Å². The molecule has 0 aromatic rings. The number of carbonyl (C=O) groups is 2. The first-order valence-electron chi connectivity index (χ1n) is 4.68. The molecule has 0 atom stereocenters. The van der Waals surface area contributed by atoms with Gasteiger partial charge in [0.15, 0.2) is 0 Å². The van der Waals surface area contributed by atoms with Crippen molar-refractivity contribution in [1.29, 1.82) is 0 Å². The van der Waals surface area contributed by atoms with Crippen molar-refractivity contribution in [2.75, 3.05) is 6.54 Å². The zero-order valence-electron chi connectivity index (χ0n) is 8.53. The van der Waals surface area contributed by atoms with Crippen LogP contribution >= 0.6 is 0 Å². The molecule has 0 amide bonds. The lowest BCUT2D eigenvalue weighted by atomic mass is 10.3. The Morgan fingerprint density at radius 2 is 1.47 bits per heavy atom. The molecule has 0 fully saturated rings. The number of nitrogens with two attached hydrogens (primary N) is 1. The van der Waals surface area contributed by atoms with E-state index < -0.39 is 11.9 Å². The molecule has 0 saturated heterocycles. The Hall–Kier alpha value is -1.10. The summed E-state index contributed by atoms with van der Waals surface area (Å²) in [4.78, 5) is 19.5. The van der Waals surface area contributed by atoms with Crippen LogP contribution in [-0.4, -0.2) is 28.7 Å². The maximum absolute atomic E-state index is 9.76. The van der Waals surface area contributed by atoms with E-state index >= 15 is 0 Å². The molecule has 5 nitrogen and oxygen atoms in total. The number of unbranched alkanes of at least 4 members (excludes halogenated alkanes) is 1. The van der Waals surface area contributed by atoms with Crippen molar-refractivity contribution < 1.29 is 19.8 Å². The van der Waals surface area contributed by atoms with Crippen LogP contribution in [0.25, 0.3) is 0 Å². The van der Waals surface area contributed by atoms with Gasteiger partial charge < -0.3 is 15.9 Å². The molecule has 0 radical (unpaired) electrons. The molecular weight excluding hydrogens is 198 g/mol. The Morgan fingerprint density at radius 1 is 1.07 bits per heavy atom. The van der Waals surface area contributed by atoms with Gasteiger partial charge in [-0.2, -0.15) is 0 Å². The molecule has 92 valence electrons. The van der Waals surface area contributed by atoms with E-state index in [2.05, 4.69) is 0 Å². The Balaban J connectivity index is -0.000000180. The Kier molecular flexibility index (Phi) is 20.0. The molecule has 0 aliphatic carbocycles. The zero-order valence-corrected chi connectivity index (χ0v) is 8.53. The van der Waals surface area contributed by atoms with Crippen molar-refractivity contribution >= 4 is 11.9 Å². The van der Waals surface area contributed by atoms with Crippen LogP contribution in [0.2, 0.25) is 0 Å². The minimum Gasteiger partial charge on any atom is -0.481 e. The molecule has 0 spiro atoms. The van der Waals surface area contributed by atoms with Gasteiger partial charge in [0, 0.05) is 12.8 Å². The van der Waals surface area contributed by atoms with Crippen LogP contribution in [0.1, 0.15) is 46.5 Å². The van der Waals surface area contributed by atoms with Crippen molar-refractivity contribution in [2.45, 2.75) is 46.5 Å². The molecule has 0 aliphatic rings. The van der Waals surface area contributed by atoms with E-state index in [1.807, 2.05) is 6.92 Å². The fraction of sp³-hybridized carbons (Fsp3) is 0.800. The molecule has 0 heterocycles. The zero-order chi connectivity index (χ0) is 11.4. The summed E-state index contributed by atoms with van der Waals surface area (Å²) < 4.78 is 0. The van der Waals surface area contributed by atoms with Crippen LogP contribution in [0.4, 0.5) is 0 Å². The lowest BCUT2D eigenvalue weighted by Gasteiger charge is -1.86. The average Bonchev–Trinajstić information content (AvgIpc) is 2.12. The second kappa shape index (κ2) is 15.4. The number of carboxylic acids is 2. The highest BCUT2D eigenvalue weighted by atomic mass is 16.4. The Labute approximate surface area is 91.3 Å². The third-order valence-electron chi connectivity index (χ3n) is 1.34. The number of carboxylic acid groups (broad SMARTS) is 2. The van der Waals surface area contributed by atoms with Gasteiger partial charge >= 0.3 is 11.9 Å². The highest BCUT2D eigenvalue weighted by molar-refractivity contribution is 5.66. The first-order valence-corrected chi connectivity index (χ1v) is 4.68. The van der Waals surface area contributed by atoms with E-state index in [1.54, 1.807) is 0 Å². The molecule has 0 aliphatic heterocycles. The molecule has 5 heteroatoms. The van der Waals surface area contributed by atoms with Crippen molar-refractivity contribution in [3.8, 4) is 0 Å². The number of aliphatic carboxylic acids is 2. The lowest BCUT2D eigenvalue weighted by Crippen LogP contribution is -2.02. The summed E-state index contributed by atoms with van der Waals surface area (Å²) >= 11 is 0. The summed E-state index contributed by atoms with van der Waals surface area (Å²) in [6.45, 7) is 2.44. The van der Waals surface area contributed by atoms with Crippen LogP contribution in [-0.2, 0) is 9.59 Å². The van der Waals surface area contributed by atoms with Gasteiger partial charge in [0.2, 0.25) is 0 Å². The fourth-order valence-electron chi connectivity index (χ4n) is 0.581. The van der Waals surface area contributed by atoms with Gasteiger partial charge in [-0.3, -0.25) is 9.59 Å². The Bertz CT molecular complexity index is 142. The number of rotatable bonds is 6. The molecule has 0 rings (SSSR count). The van der Waals surface area contributed by atoms with E-state index in [4.69, 9.17) is 15.9 Å². The average molecular weight is 221 g/mol. The first-order chi connectivity index (χ1) is 6.54. The van der Waals surface area contributed by atoms with Crippen LogP contribution in [0.5, 0.6) is 0 Å².